The van der Waals surface area contributed by atoms with Gasteiger partial charge in [-0.2, -0.15) is 0 Å². The van der Waals surface area contributed by atoms with Crippen LogP contribution < -0.4 is 0 Å². The SMILES string of the molecule is CCOC(=O)C(=O)O[C@@H]1CC[C@@H]2[C@H]3CCC4=CC(=O)CC[C@]4(C)[C@@H]3CC[C@@]21C. The van der Waals surface area contributed by atoms with Crippen LogP contribution in [0.4, 0.5) is 0 Å². The van der Waals surface area contributed by atoms with Gasteiger partial charge in [-0.05, 0) is 81.1 Å². The molecule has 4 aliphatic rings. The molecule has 28 heavy (non-hydrogen) atoms. The van der Waals surface area contributed by atoms with Crippen LogP contribution in [0, 0.1) is 28.6 Å². The molecule has 0 amide bonds. The van der Waals surface area contributed by atoms with E-state index >= 15 is 0 Å². The molecule has 0 aromatic rings. The molecule has 5 heteroatoms. The number of hydrogen-bond acceptors (Lipinski definition) is 5. The van der Waals surface area contributed by atoms with Gasteiger partial charge in [-0.15, -0.1) is 0 Å². The fourth-order valence-corrected chi connectivity index (χ4v) is 7.07. The standard InChI is InChI=1S/C23H32O5/c1-4-27-20(25)21(26)28-19-8-7-17-16-6-5-14-13-15(24)9-11-22(14,2)18(16)10-12-23(17,19)3/h13,16-19H,4-12H2,1-3H3/t16-,17-,18-,19-,22+,23+/m1/s1. The van der Waals surface area contributed by atoms with Gasteiger partial charge in [0.1, 0.15) is 6.10 Å². The van der Waals surface area contributed by atoms with E-state index < -0.39 is 11.9 Å². The summed E-state index contributed by atoms with van der Waals surface area (Å²) in [6.07, 6.45) is 9.51. The number of carbonyl (C=O) groups excluding carboxylic acids is 3. The second-order valence-corrected chi connectivity index (χ2v) is 9.71. The van der Waals surface area contributed by atoms with Crippen LogP contribution in [0.5, 0.6) is 0 Å². The highest BCUT2D eigenvalue weighted by molar-refractivity contribution is 6.29. The minimum absolute atomic E-state index is 0.0641. The van der Waals surface area contributed by atoms with Crippen LogP contribution in [-0.4, -0.2) is 30.4 Å². The van der Waals surface area contributed by atoms with Crippen LogP contribution >= 0.6 is 0 Å². The molecule has 0 radical (unpaired) electrons. The lowest BCUT2D eigenvalue weighted by Gasteiger charge is -2.57. The quantitative estimate of drug-likeness (QED) is 0.528. The fourth-order valence-electron chi connectivity index (χ4n) is 7.07. The van der Waals surface area contributed by atoms with Crippen LogP contribution in [0.25, 0.3) is 0 Å². The number of ether oxygens (including phenoxy) is 2. The van der Waals surface area contributed by atoms with Gasteiger partial charge in [0.25, 0.3) is 0 Å². The van der Waals surface area contributed by atoms with E-state index in [-0.39, 0.29) is 23.5 Å². The van der Waals surface area contributed by atoms with Gasteiger partial charge in [-0.3, -0.25) is 4.79 Å². The lowest BCUT2D eigenvalue weighted by Crippen LogP contribution is -2.51. The van der Waals surface area contributed by atoms with Crippen molar-refractivity contribution in [1.29, 1.82) is 0 Å². The van der Waals surface area contributed by atoms with Gasteiger partial charge in [0.15, 0.2) is 5.78 Å². The first-order valence-corrected chi connectivity index (χ1v) is 10.9. The van der Waals surface area contributed by atoms with E-state index in [2.05, 4.69) is 13.8 Å². The third-order valence-corrected chi connectivity index (χ3v) is 8.57. The highest BCUT2D eigenvalue weighted by Gasteiger charge is 2.60. The molecule has 0 heterocycles. The number of allylic oxidation sites excluding steroid dienone is 1. The maximum atomic E-state index is 12.1. The molecule has 0 spiro atoms. The second kappa shape index (κ2) is 7.00. The molecule has 3 saturated carbocycles. The van der Waals surface area contributed by atoms with E-state index in [1.807, 2.05) is 6.08 Å². The molecule has 0 aromatic carbocycles. The summed E-state index contributed by atoms with van der Waals surface area (Å²) >= 11 is 0. The van der Waals surface area contributed by atoms with Gasteiger partial charge < -0.3 is 9.47 Å². The first-order chi connectivity index (χ1) is 13.3. The smallest absolute Gasteiger partial charge is 0.417 e. The number of rotatable bonds is 2. The van der Waals surface area contributed by atoms with Crippen molar-refractivity contribution in [3.8, 4) is 0 Å². The third-order valence-electron chi connectivity index (χ3n) is 8.57. The summed E-state index contributed by atoms with van der Waals surface area (Å²) in [4.78, 5) is 35.8. The summed E-state index contributed by atoms with van der Waals surface area (Å²) in [5, 5.41) is 0. The van der Waals surface area contributed by atoms with Gasteiger partial charge in [-0.25, -0.2) is 9.59 Å². The van der Waals surface area contributed by atoms with Crippen LogP contribution in [0.1, 0.15) is 72.1 Å². The summed E-state index contributed by atoms with van der Waals surface area (Å²) in [6, 6.07) is 0. The Labute approximate surface area is 167 Å². The zero-order valence-electron chi connectivity index (χ0n) is 17.3. The van der Waals surface area contributed by atoms with E-state index in [9.17, 15) is 14.4 Å². The minimum Gasteiger partial charge on any atom is -0.458 e. The molecule has 0 aromatic heterocycles. The number of ketones is 1. The van der Waals surface area contributed by atoms with Crippen molar-refractivity contribution in [2.24, 2.45) is 28.6 Å². The summed E-state index contributed by atoms with van der Waals surface area (Å²) in [6.45, 7) is 6.49. The molecule has 0 saturated heterocycles. The summed E-state index contributed by atoms with van der Waals surface area (Å²) in [5.74, 6) is 0.303. The van der Waals surface area contributed by atoms with Crippen LogP contribution in [0.2, 0.25) is 0 Å². The van der Waals surface area contributed by atoms with Gasteiger partial charge in [0.05, 0.1) is 6.61 Å². The van der Waals surface area contributed by atoms with E-state index in [0.29, 0.717) is 30.0 Å². The van der Waals surface area contributed by atoms with Crippen molar-refractivity contribution < 1.29 is 23.9 Å². The molecule has 3 fully saturated rings. The minimum atomic E-state index is -0.880. The fraction of sp³-hybridized carbons (Fsp3) is 0.783. The van der Waals surface area contributed by atoms with E-state index in [0.717, 1.165) is 44.9 Å². The normalized spacial score (nSPS) is 42.0. The number of fused-ring (bicyclic) bond motifs is 5. The molecular weight excluding hydrogens is 356 g/mol. The van der Waals surface area contributed by atoms with E-state index in [1.54, 1.807) is 6.92 Å². The van der Waals surface area contributed by atoms with Crippen molar-refractivity contribution in [2.45, 2.75) is 78.2 Å². The summed E-state index contributed by atoms with van der Waals surface area (Å²) < 4.78 is 10.5. The van der Waals surface area contributed by atoms with Crippen molar-refractivity contribution in [3.63, 3.8) is 0 Å². The number of esters is 2. The Morgan fingerprint density at radius 2 is 1.82 bits per heavy atom. The highest BCUT2D eigenvalue weighted by Crippen LogP contribution is 2.65. The lowest BCUT2D eigenvalue weighted by atomic mass is 9.47. The molecule has 0 bridgehead atoms. The Balaban J connectivity index is 1.52. The zero-order chi connectivity index (χ0) is 20.1. The first kappa shape index (κ1) is 19.7. The van der Waals surface area contributed by atoms with Crippen molar-refractivity contribution in [2.75, 3.05) is 6.61 Å². The van der Waals surface area contributed by atoms with Crippen molar-refractivity contribution >= 4 is 17.7 Å². The Morgan fingerprint density at radius 3 is 2.57 bits per heavy atom. The Morgan fingerprint density at radius 1 is 1.04 bits per heavy atom. The molecule has 0 unspecified atom stereocenters. The van der Waals surface area contributed by atoms with Crippen molar-refractivity contribution in [3.05, 3.63) is 11.6 Å². The van der Waals surface area contributed by atoms with Gasteiger partial charge in [-0.1, -0.05) is 19.4 Å². The average molecular weight is 389 g/mol. The van der Waals surface area contributed by atoms with Crippen LogP contribution in [0.15, 0.2) is 11.6 Å². The molecule has 4 aliphatic carbocycles. The largest absolute Gasteiger partial charge is 0.458 e. The maximum absolute atomic E-state index is 12.1. The Hall–Kier alpha value is -1.65. The maximum Gasteiger partial charge on any atom is 0.417 e. The third kappa shape index (κ3) is 2.93. The Bertz CT molecular complexity index is 725. The highest BCUT2D eigenvalue weighted by atomic mass is 16.6. The molecule has 0 aliphatic heterocycles. The molecule has 6 atom stereocenters. The number of carbonyl (C=O) groups is 3. The van der Waals surface area contributed by atoms with Crippen LogP contribution in [-0.2, 0) is 23.9 Å². The predicted octanol–water partition coefficient (Wildman–Crippen LogP) is 3.99. The summed E-state index contributed by atoms with van der Waals surface area (Å²) in [5.41, 5.74) is 1.46. The number of hydrogen-bond donors (Lipinski definition) is 0. The van der Waals surface area contributed by atoms with Gasteiger partial charge >= 0.3 is 11.9 Å². The molecular formula is C23H32O5. The van der Waals surface area contributed by atoms with E-state index in [1.165, 1.54) is 5.57 Å². The second-order valence-electron chi connectivity index (χ2n) is 9.71. The zero-order valence-corrected chi connectivity index (χ0v) is 17.3. The first-order valence-electron chi connectivity index (χ1n) is 10.9. The Kier molecular flexibility index (Phi) is 4.91. The molecule has 4 rings (SSSR count). The molecule has 5 nitrogen and oxygen atoms in total. The monoisotopic (exact) mass is 388 g/mol. The van der Waals surface area contributed by atoms with Gasteiger partial charge in [0, 0.05) is 11.8 Å². The lowest BCUT2D eigenvalue weighted by molar-refractivity contribution is -0.176. The van der Waals surface area contributed by atoms with Crippen molar-refractivity contribution in [1.82, 2.24) is 0 Å². The predicted molar refractivity (Wildman–Crippen MR) is 103 cm³/mol. The van der Waals surface area contributed by atoms with E-state index in [4.69, 9.17) is 9.47 Å². The summed E-state index contributed by atoms with van der Waals surface area (Å²) in [7, 11) is 0. The topological polar surface area (TPSA) is 69.7 Å². The van der Waals surface area contributed by atoms with Gasteiger partial charge in [0.2, 0.25) is 0 Å². The van der Waals surface area contributed by atoms with Crippen LogP contribution in [0.3, 0.4) is 0 Å². The molecule has 154 valence electrons. The molecule has 0 N–H and O–H groups in total. The average Bonchev–Trinajstić information content (AvgIpc) is 2.99.